The lowest BCUT2D eigenvalue weighted by Gasteiger charge is -2.20. The highest BCUT2D eigenvalue weighted by atomic mass is 16.2. The van der Waals surface area contributed by atoms with Crippen molar-refractivity contribution in [1.29, 1.82) is 0 Å². The van der Waals surface area contributed by atoms with Crippen LogP contribution in [0.2, 0.25) is 0 Å². The van der Waals surface area contributed by atoms with Gasteiger partial charge < -0.3 is 10.6 Å². The molecular formula is C14H20N2O. The maximum Gasteiger partial charge on any atom is 0.315 e. The summed E-state index contributed by atoms with van der Waals surface area (Å²) < 4.78 is 0. The van der Waals surface area contributed by atoms with Crippen molar-refractivity contribution in [3.63, 3.8) is 0 Å². The average molecular weight is 232 g/mol. The van der Waals surface area contributed by atoms with E-state index in [2.05, 4.69) is 22.8 Å². The first-order valence-electron chi connectivity index (χ1n) is 6.29. The van der Waals surface area contributed by atoms with E-state index in [1.165, 1.54) is 18.4 Å². The number of nitrogens with one attached hydrogen (secondary N) is 2. The van der Waals surface area contributed by atoms with E-state index >= 15 is 0 Å². The van der Waals surface area contributed by atoms with E-state index < -0.39 is 0 Å². The van der Waals surface area contributed by atoms with E-state index in [9.17, 15) is 4.79 Å². The van der Waals surface area contributed by atoms with E-state index in [4.69, 9.17) is 0 Å². The van der Waals surface area contributed by atoms with E-state index in [0.29, 0.717) is 5.92 Å². The lowest BCUT2D eigenvalue weighted by atomic mass is 10.0. The molecule has 0 aliphatic heterocycles. The third kappa shape index (κ3) is 3.48. The van der Waals surface area contributed by atoms with Crippen molar-refractivity contribution in [3.8, 4) is 0 Å². The zero-order chi connectivity index (χ0) is 12.3. The molecule has 0 spiro atoms. The molecule has 1 aliphatic rings. The molecule has 0 bridgehead atoms. The highest BCUT2D eigenvalue weighted by molar-refractivity contribution is 5.74. The molecule has 0 heterocycles. The smallest absolute Gasteiger partial charge is 0.315 e. The zero-order valence-electron chi connectivity index (χ0n) is 10.4. The van der Waals surface area contributed by atoms with Crippen molar-refractivity contribution < 1.29 is 4.79 Å². The molecule has 1 atom stereocenters. The molecule has 3 nitrogen and oxygen atoms in total. The number of amides is 2. The molecule has 0 radical (unpaired) electrons. The summed E-state index contributed by atoms with van der Waals surface area (Å²) in [6.07, 6.45) is 2.42. The summed E-state index contributed by atoms with van der Waals surface area (Å²) >= 11 is 0. The number of carbonyl (C=O) groups is 1. The molecule has 17 heavy (non-hydrogen) atoms. The first-order chi connectivity index (χ1) is 8.16. The Kier molecular flexibility index (Phi) is 3.67. The molecule has 3 heteroatoms. The van der Waals surface area contributed by atoms with Gasteiger partial charge in [0.05, 0.1) is 6.04 Å². The summed E-state index contributed by atoms with van der Waals surface area (Å²) in [6, 6.07) is 10.5. The Balaban J connectivity index is 2.01. The van der Waals surface area contributed by atoms with Crippen LogP contribution in [0.4, 0.5) is 4.79 Å². The molecule has 1 aromatic rings. The van der Waals surface area contributed by atoms with Crippen molar-refractivity contribution in [3.05, 3.63) is 35.9 Å². The van der Waals surface area contributed by atoms with Gasteiger partial charge in [0, 0.05) is 6.04 Å². The van der Waals surface area contributed by atoms with E-state index in [1.54, 1.807) is 0 Å². The van der Waals surface area contributed by atoms with Gasteiger partial charge in [0.25, 0.3) is 0 Å². The van der Waals surface area contributed by atoms with Crippen LogP contribution >= 0.6 is 0 Å². The summed E-state index contributed by atoms with van der Waals surface area (Å²) in [5.74, 6) is 0.607. The number of rotatable bonds is 4. The molecule has 1 unspecified atom stereocenters. The van der Waals surface area contributed by atoms with Crippen LogP contribution in [0.3, 0.4) is 0 Å². The monoisotopic (exact) mass is 232 g/mol. The van der Waals surface area contributed by atoms with Gasteiger partial charge in [-0.25, -0.2) is 4.79 Å². The Morgan fingerprint density at radius 1 is 1.18 bits per heavy atom. The Morgan fingerprint density at radius 3 is 2.35 bits per heavy atom. The zero-order valence-corrected chi connectivity index (χ0v) is 10.4. The molecule has 92 valence electrons. The molecule has 1 aromatic carbocycles. The van der Waals surface area contributed by atoms with Crippen molar-refractivity contribution in [2.45, 2.75) is 38.8 Å². The standard InChI is InChI=1S/C14H20N2O/c1-10(2)15-14(17)16-13(12-8-9-12)11-6-4-3-5-7-11/h3-7,10,12-13H,8-9H2,1-2H3,(H2,15,16,17). The van der Waals surface area contributed by atoms with Crippen molar-refractivity contribution in [2.75, 3.05) is 0 Å². The van der Waals surface area contributed by atoms with Crippen molar-refractivity contribution >= 4 is 6.03 Å². The van der Waals surface area contributed by atoms with Crippen molar-refractivity contribution in [1.82, 2.24) is 10.6 Å². The summed E-state index contributed by atoms with van der Waals surface area (Å²) in [6.45, 7) is 3.93. The van der Waals surface area contributed by atoms with E-state index in [1.807, 2.05) is 32.0 Å². The number of benzene rings is 1. The van der Waals surface area contributed by atoms with Crippen LogP contribution in [0.25, 0.3) is 0 Å². The molecule has 0 aromatic heterocycles. The Labute approximate surface area is 103 Å². The number of urea groups is 1. The molecule has 1 saturated carbocycles. The van der Waals surface area contributed by atoms with E-state index in [-0.39, 0.29) is 18.1 Å². The van der Waals surface area contributed by atoms with Crippen LogP contribution in [0.1, 0.15) is 38.3 Å². The van der Waals surface area contributed by atoms with Gasteiger partial charge in [-0.3, -0.25) is 0 Å². The number of hydrogen-bond donors (Lipinski definition) is 2. The Bertz CT molecular complexity index is 371. The first kappa shape index (κ1) is 12.0. The lowest BCUT2D eigenvalue weighted by molar-refractivity contribution is 0.233. The SMILES string of the molecule is CC(C)NC(=O)NC(c1ccccc1)C1CC1. The quantitative estimate of drug-likeness (QED) is 0.823. The van der Waals surface area contributed by atoms with Crippen molar-refractivity contribution in [2.24, 2.45) is 5.92 Å². The lowest BCUT2D eigenvalue weighted by Crippen LogP contribution is -2.41. The normalized spacial score (nSPS) is 16.6. The van der Waals surface area contributed by atoms with Crippen LogP contribution in [0.5, 0.6) is 0 Å². The number of hydrogen-bond acceptors (Lipinski definition) is 1. The largest absolute Gasteiger partial charge is 0.336 e. The second-order valence-electron chi connectivity index (χ2n) is 5.00. The van der Waals surface area contributed by atoms with Gasteiger partial charge in [-0.1, -0.05) is 30.3 Å². The Morgan fingerprint density at radius 2 is 1.82 bits per heavy atom. The second kappa shape index (κ2) is 5.21. The van der Waals surface area contributed by atoms with E-state index in [0.717, 1.165) is 0 Å². The number of carbonyl (C=O) groups excluding carboxylic acids is 1. The Hall–Kier alpha value is -1.51. The summed E-state index contributed by atoms with van der Waals surface area (Å²) in [5, 5.41) is 5.95. The summed E-state index contributed by atoms with van der Waals surface area (Å²) in [5.41, 5.74) is 1.20. The van der Waals surface area contributed by atoms with Gasteiger partial charge in [0.2, 0.25) is 0 Å². The minimum absolute atomic E-state index is 0.0687. The predicted octanol–water partition coefficient (Wildman–Crippen LogP) is 2.85. The van der Waals surface area contributed by atoms with Crippen LogP contribution in [-0.2, 0) is 0 Å². The topological polar surface area (TPSA) is 41.1 Å². The maximum atomic E-state index is 11.7. The van der Waals surface area contributed by atoms with Crippen LogP contribution in [0.15, 0.2) is 30.3 Å². The minimum Gasteiger partial charge on any atom is -0.336 e. The first-order valence-corrected chi connectivity index (χ1v) is 6.29. The fourth-order valence-corrected chi connectivity index (χ4v) is 2.01. The van der Waals surface area contributed by atoms with Gasteiger partial charge in [0.1, 0.15) is 0 Å². The molecule has 2 amide bonds. The molecule has 0 saturated heterocycles. The summed E-state index contributed by atoms with van der Waals surface area (Å²) in [4.78, 5) is 11.7. The van der Waals surface area contributed by atoms with Gasteiger partial charge in [-0.15, -0.1) is 0 Å². The molecule has 1 fully saturated rings. The predicted molar refractivity (Wildman–Crippen MR) is 68.7 cm³/mol. The second-order valence-corrected chi connectivity index (χ2v) is 5.00. The molecular weight excluding hydrogens is 212 g/mol. The van der Waals surface area contributed by atoms with Gasteiger partial charge >= 0.3 is 6.03 Å². The average Bonchev–Trinajstić information content (AvgIpc) is 3.10. The van der Waals surface area contributed by atoms with Gasteiger partial charge in [-0.2, -0.15) is 0 Å². The van der Waals surface area contributed by atoms with Crippen LogP contribution < -0.4 is 10.6 Å². The maximum absolute atomic E-state index is 11.7. The fourth-order valence-electron chi connectivity index (χ4n) is 2.01. The molecule has 2 N–H and O–H groups in total. The third-order valence-corrected chi connectivity index (χ3v) is 2.96. The fraction of sp³-hybridized carbons (Fsp3) is 0.500. The molecule has 1 aliphatic carbocycles. The molecule has 2 rings (SSSR count). The highest BCUT2D eigenvalue weighted by Crippen LogP contribution is 2.40. The third-order valence-electron chi connectivity index (χ3n) is 2.96. The van der Waals surface area contributed by atoms with Crippen LogP contribution in [0, 0.1) is 5.92 Å². The van der Waals surface area contributed by atoms with Crippen LogP contribution in [-0.4, -0.2) is 12.1 Å². The van der Waals surface area contributed by atoms with Gasteiger partial charge in [0.15, 0.2) is 0 Å². The summed E-state index contributed by atoms with van der Waals surface area (Å²) in [7, 11) is 0. The minimum atomic E-state index is -0.0687. The van der Waals surface area contributed by atoms with Gasteiger partial charge in [-0.05, 0) is 38.2 Å². The highest BCUT2D eigenvalue weighted by Gasteiger charge is 2.33.